The number of nitrogens with one attached hydrogen (secondary N) is 3. The van der Waals surface area contributed by atoms with Gasteiger partial charge in [-0.3, -0.25) is 4.99 Å². The van der Waals surface area contributed by atoms with Gasteiger partial charge < -0.3 is 16.0 Å². The van der Waals surface area contributed by atoms with Crippen molar-refractivity contribution in [3.05, 3.63) is 65.5 Å². The zero-order valence-corrected chi connectivity index (χ0v) is 17.0. The quantitative estimate of drug-likeness (QED) is 0.256. The average Bonchev–Trinajstić information content (AvgIpc) is 2.61. The van der Waals surface area contributed by atoms with Gasteiger partial charge in [0.2, 0.25) is 0 Å². The van der Waals surface area contributed by atoms with Crippen LogP contribution >= 0.6 is 24.0 Å². The van der Waals surface area contributed by atoms with Gasteiger partial charge in [-0.05, 0) is 42.7 Å². The Morgan fingerprint density at radius 1 is 1.04 bits per heavy atom. The smallest absolute Gasteiger partial charge is 0.191 e. The highest BCUT2D eigenvalue weighted by Crippen LogP contribution is 2.08. The highest BCUT2D eigenvalue weighted by Gasteiger charge is 2.01. The number of anilines is 1. The van der Waals surface area contributed by atoms with Gasteiger partial charge in [0.25, 0.3) is 0 Å². The molecule has 0 amide bonds. The Bertz CT molecular complexity index is 662. The fourth-order valence-corrected chi connectivity index (χ4v) is 2.24. The zero-order valence-electron chi connectivity index (χ0n) is 14.7. The molecule has 0 atom stereocenters. The first-order valence-electron chi connectivity index (χ1n) is 8.17. The molecule has 0 aliphatic heterocycles. The lowest BCUT2D eigenvalue weighted by Gasteiger charge is -2.13. The van der Waals surface area contributed by atoms with Gasteiger partial charge in [-0.25, -0.2) is 4.39 Å². The van der Waals surface area contributed by atoms with Crippen molar-refractivity contribution in [1.82, 2.24) is 10.6 Å². The number of guanidine groups is 1. The maximum Gasteiger partial charge on any atom is 0.191 e. The Hall–Kier alpha value is -1.83. The minimum atomic E-state index is -0.177. The van der Waals surface area contributed by atoms with E-state index in [1.165, 1.54) is 0 Å². The molecule has 6 heteroatoms. The molecule has 0 saturated heterocycles. The van der Waals surface area contributed by atoms with E-state index in [0.717, 1.165) is 36.7 Å². The molecule has 0 fully saturated rings. The third-order valence-corrected chi connectivity index (χ3v) is 3.67. The van der Waals surface area contributed by atoms with Crippen LogP contribution in [0.15, 0.2) is 53.5 Å². The van der Waals surface area contributed by atoms with Crippen LogP contribution in [0.1, 0.15) is 17.5 Å². The molecule has 2 aromatic carbocycles. The van der Waals surface area contributed by atoms with Gasteiger partial charge in [-0.1, -0.05) is 30.3 Å². The molecule has 2 rings (SSSR count). The SMILES string of the molecule is CN=C(NCCCNc1ccccc1)NCc1ccc(C)c(F)c1.I. The van der Waals surface area contributed by atoms with Gasteiger partial charge in [0.15, 0.2) is 5.96 Å². The Kier molecular flexibility index (Phi) is 9.91. The number of hydrogen-bond acceptors (Lipinski definition) is 2. The highest BCUT2D eigenvalue weighted by atomic mass is 127. The number of hydrogen-bond donors (Lipinski definition) is 3. The fraction of sp³-hybridized carbons (Fsp3) is 0.316. The lowest BCUT2D eigenvalue weighted by molar-refractivity contribution is 0.615. The van der Waals surface area contributed by atoms with Crippen molar-refractivity contribution in [2.75, 3.05) is 25.5 Å². The first-order chi connectivity index (χ1) is 11.7. The summed E-state index contributed by atoms with van der Waals surface area (Å²) in [6, 6.07) is 15.4. The molecule has 0 saturated carbocycles. The number of halogens is 2. The second-order valence-corrected chi connectivity index (χ2v) is 5.58. The van der Waals surface area contributed by atoms with Crippen molar-refractivity contribution in [1.29, 1.82) is 0 Å². The van der Waals surface area contributed by atoms with E-state index in [9.17, 15) is 4.39 Å². The summed E-state index contributed by atoms with van der Waals surface area (Å²) in [7, 11) is 1.73. The largest absolute Gasteiger partial charge is 0.385 e. The van der Waals surface area contributed by atoms with Crippen LogP contribution in [0.5, 0.6) is 0 Å². The van der Waals surface area contributed by atoms with E-state index in [1.54, 1.807) is 26.1 Å². The van der Waals surface area contributed by atoms with Gasteiger partial charge in [0.1, 0.15) is 5.82 Å². The first-order valence-corrected chi connectivity index (χ1v) is 8.17. The van der Waals surface area contributed by atoms with Gasteiger partial charge in [-0.2, -0.15) is 0 Å². The third kappa shape index (κ3) is 7.72. The summed E-state index contributed by atoms with van der Waals surface area (Å²) < 4.78 is 13.5. The van der Waals surface area contributed by atoms with Crippen LogP contribution in [0, 0.1) is 12.7 Å². The molecule has 2 aromatic rings. The number of aliphatic imine (C=N–C) groups is 1. The summed E-state index contributed by atoms with van der Waals surface area (Å²) in [5.74, 6) is 0.542. The Labute approximate surface area is 166 Å². The van der Waals surface area contributed by atoms with E-state index in [2.05, 4.69) is 33.1 Å². The van der Waals surface area contributed by atoms with Crippen molar-refractivity contribution in [2.45, 2.75) is 19.9 Å². The molecule has 0 aliphatic carbocycles. The molecule has 0 aromatic heterocycles. The second kappa shape index (κ2) is 11.7. The molecule has 0 bridgehead atoms. The molecule has 0 heterocycles. The van der Waals surface area contributed by atoms with Gasteiger partial charge in [0.05, 0.1) is 0 Å². The molecule has 0 radical (unpaired) electrons. The van der Waals surface area contributed by atoms with Crippen molar-refractivity contribution >= 4 is 35.6 Å². The molecule has 0 unspecified atom stereocenters. The van der Waals surface area contributed by atoms with Gasteiger partial charge in [0, 0.05) is 32.4 Å². The zero-order chi connectivity index (χ0) is 17.2. The molecule has 136 valence electrons. The van der Waals surface area contributed by atoms with Crippen molar-refractivity contribution in [2.24, 2.45) is 4.99 Å². The summed E-state index contributed by atoms with van der Waals surface area (Å²) in [5, 5.41) is 9.81. The molecule has 0 aliphatic rings. The fourth-order valence-electron chi connectivity index (χ4n) is 2.24. The minimum absolute atomic E-state index is 0. The van der Waals surface area contributed by atoms with Gasteiger partial charge >= 0.3 is 0 Å². The summed E-state index contributed by atoms with van der Waals surface area (Å²) in [6.07, 6.45) is 0.967. The topological polar surface area (TPSA) is 48.5 Å². The third-order valence-electron chi connectivity index (χ3n) is 3.67. The average molecular weight is 456 g/mol. The molecule has 0 spiro atoms. The monoisotopic (exact) mass is 456 g/mol. The normalized spacial score (nSPS) is 10.8. The van der Waals surface area contributed by atoms with Crippen LogP contribution in [-0.4, -0.2) is 26.1 Å². The van der Waals surface area contributed by atoms with Crippen molar-refractivity contribution < 1.29 is 4.39 Å². The lowest BCUT2D eigenvalue weighted by atomic mass is 10.1. The Morgan fingerprint density at radius 3 is 2.48 bits per heavy atom. The standard InChI is InChI=1S/C19H25FN4.HI/c1-15-9-10-16(13-18(15)20)14-24-19(21-2)23-12-6-11-22-17-7-4-3-5-8-17;/h3-5,7-10,13,22H,6,11-12,14H2,1-2H3,(H2,21,23,24);1H. The predicted octanol–water partition coefficient (Wildman–Crippen LogP) is 3.92. The van der Waals surface area contributed by atoms with E-state index in [1.807, 2.05) is 24.3 Å². The number of para-hydroxylation sites is 1. The van der Waals surface area contributed by atoms with Gasteiger partial charge in [-0.15, -0.1) is 24.0 Å². The van der Waals surface area contributed by atoms with Crippen LogP contribution in [0.4, 0.5) is 10.1 Å². The maximum atomic E-state index is 13.5. The van der Waals surface area contributed by atoms with Crippen LogP contribution < -0.4 is 16.0 Å². The number of rotatable bonds is 7. The molecular weight excluding hydrogens is 430 g/mol. The predicted molar refractivity (Wildman–Crippen MR) is 114 cm³/mol. The molecule has 4 nitrogen and oxygen atoms in total. The van der Waals surface area contributed by atoms with E-state index in [-0.39, 0.29) is 29.8 Å². The maximum absolute atomic E-state index is 13.5. The van der Waals surface area contributed by atoms with Crippen LogP contribution in [0.2, 0.25) is 0 Å². The molecule has 3 N–H and O–H groups in total. The number of benzene rings is 2. The van der Waals surface area contributed by atoms with Crippen molar-refractivity contribution in [3.8, 4) is 0 Å². The molecule has 25 heavy (non-hydrogen) atoms. The Balaban J connectivity index is 0.00000312. The lowest BCUT2D eigenvalue weighted by Crippen LogP contribution is -2.37. The van der Waals surface area contributed by atoms with Crippen LogP contribution in [0.3, 0.4) is 0 Å². The minimum Gasteiger partial charge on any atom is -0.385 e. The van der Waals surface area contributed by atoms with E-state index < -0.39 is 0 Å². The van der Waals surface area contributed by atoms with E-state index >= 15 is 0 Å². The van der Waals surface area contributed by atoms with E-state index in [4.69, 9.17) is 0 Å². The van der Waals surface area contributed by atoms with Crippen molar-refractivity contribution in [3.63, 3.8) is 0 Å². The summed E-state index contributed by atoms with van der Waals surface area (Å²) in [4.78, 5) is 4.18. The number of aryl methyl sites for hydroxylation is 1. The highest BCUT2D eigenvalue weighted by molar-refractivity contribution is 14.0. The Morgan fingerprint density at radius 2 is 1.80 bits per heavy atom. The summed E-state index contributed by atoms with van der Waals surface area (Å²) in [6.45, 7) is 3.99. The van der Waals surface area contributed by atoms with Crippen LogP contribution in [0.25, 0.3) is 0 Å². The first kappa shape index (κ1) is 21.2. The van der Waals surface area contributed by atoms with Crippen LogP contribution in [-0.2, 0) is 6.54 Å². The second-order valence-electron chi connectivity index (χ2n) is 5.58. The molecular formula is C19H26FIN4. The summed E-state index contributed by atoms with van der Waals surface area (Å²) in [5.41, 5.74) is 2.68. The number of nitrogens with zero attached hydrogens (tertiary/aromatic N) is 1. The summed E-state index contributed by atoms with van der Waals surface area (Å²) >= 11 is 0. The van der Waals surface area contributed by atoms with E-state index in [0.29, 0.717) is 12.1 Å².